The SMILES string of the molecule is CCOC(=O)/C=C/C(=O)Nc1ccc(S(=O)(=O)NCCc2ccccc2)cc1. The van der Waals surface area contributed by atoms with Crippen LogP contribution in [0.4, 0.5) is 5.69 Å². The number of anilines is 1. The molecule has 0 heterocycles. The molecule has 0 aliphatic heterocycles. The van der Waals surface area contributed by atoms with Crippen LogP contribution in [0.3, 0.4) is 0 Å². The predicted molar refractivity (Wildman–Crippen MR) is 106 cm³/mol. The van der Waals surface area contributed by atoms with E-state index >= 15 is 0 Å². The first-order valence-corrected chi connectivity index (χ1v) is 10.2. The van der Waals surface area contributed by atoms with E-state index in [1.807, 2.05) is 30.3 Å². The van der Waals surface area contributed by atoms with Gasteiger partial charge in [-0.2, -0.15) is 0 Å². The summed E-state index contributed by atoms with van der Waals surface area (Å²) in [5.41, 5.74) is 1.45. The second-order valence-electron chi connectivity index (χ2n) is 5.73. The number of carbonyl (C=O) groups excluding carboxylic acids is 2. The number of esters is 1. The van der Waals surface area contributed by atoms with E-state index in [0.717, 1.165) is 17.7 Å². The molecule has 2 N–H and O–H groups in total. The van der Waals surface area contributed by atoms with Gasteiger partial charge in [0.05, 0.1) is 11.5 Å². The average Bonchev–Trinajstić information content (AvgIpc) is 2.68. The van der Waals surface area contributed by atoms with Crippen molar-refractivity contribution in [2.75, 3.05) is 18.5 Å². The molecule has 0 unspecified atom stereocenters. The quantitative estimate of drug-likeness (QED) is 0.495. The predicted octanol–water partition coefficient (Wildman–Crippen LogP) is 2.27. The maximum Gasteiger partial charge on any atom is 0.330 e. The monoisotopic (exact) mass is 402 g/mol. The van der Waals surface area contributed by atoms with Crippen molar-refractivity contribution in [3.8, 4) is 0 Å². The highest BCUT2D eigenvalue weighted by molar-refractivity contribution is 7.89. The molecule has 0 aliphatic rings. The average molecular weight is 402 g/mol. The molecule has 0 aromatic heterocycles. The Kier molecular flexibility index (Phi) is 7.91. The summed E-state index contributed by atoms with van der Waals surface area (Å²) >= 11 is 0. The Balaban J connectivity index is 1.89. The molecule has 7 nitrogen and oxygen atoms in total. The summed E-state index contributed by atoms with van der Waals surface area (Å²) < 4.78 is 31.9. The van der Waals surface area contributed by atoms with E-state index in [4.69, 9.17) is 0 Å². The summed E-state index contributed by atoms with van der Waals surface area (Å²) in [6.07, 6.45) is 2.66. The number of ether oxygens (including phenoxy) is 1. The fraction of sp³-hybridized carbons (Fsp3) is 0.200. The van der Waals surface area contributed by atoms with E-state index in [2.05, 4.69) is 14.8 Å². The summed E-state index contributed by atoms with van der Waals surface area (Å²) in [5, 5.41) is 2.53. The van der Waals surface area contributed by atoms with Crippen LogP contribution in [-0.2, 0) is 30.8 Å². The molecule has 2 aromatic rings. The zero-order valence-corrected chi connectivity index (χ0v) is 16.2. The fourth-order valence-corrected chi connectivity index (χ4v) is 3.33. The number of amides is 1. The molecule has 0 radical (unpaired) electrons. The molecule has 0 spiro atoms. The van der Waals surface area contributed by atoms with Gasteiger partial charge in [-0.25, -0.2) is 17.9 Å². The zero-order valence-electron chi connectivity index (χ0n) is 15.4. The molecule has 0 saturated heterocycles. The van der Waals surface area contributed by atoms with E-state index in [9.17, 15) is 18.0 Å². The van der Waals surface area contributed by atoms with Gasteiger partial charge in [0.25, 0.3) is 0 Å². The van der Waals surface area contributed by atoms with E-state index in [1.54, 1.807) is 6.92 Å². The van der Waals surface area contributed by atoms with E-state index in [1.165, 1.54) is 24.3 Å². The third-order valence-corrected chi connectivity index (χ3v) is 5.12. The Morgan fingerprint density at radius 3 is 2.32 bits per heavy atom. The lowest BCUT2D eigenvalue weighted by molar-refractivity contribution is -0.137. The summed E-state index contributed by atoms with van der Waals surface area (Å²) in [7, 11) is -3.64. The summed E-state index contributed by atoms with van der Waals surface area (Å²) in [6, 6.07) is 15.3. The standard InChI is InChI=1S/C20H22N2O5S/c1-2-27-20(24)13-12-19(23)22-17-8-10-18(11-9-17)28(25,26)21-15-14-16-6-4-3-5-7-16/h3-13,21H,2,14-15H2,1H3,(H,22,23)/b13-12+. The first-order valence-electron chi connectivity index (χ1n) is 8.70. The molecular formula is C20H22N2O5S. The lowest BCUT2D eigenvalue weighted by atomic mass is 10.2. The number of benzene rings is 2. The number of carbonyl (C=O) groups is 2. The van der Waals surface area contributed by atoms with Crippen LogP contribution in [0.25, 0.3) is 0 Å². The minimum Gasteiger partial charge on any atom is -0.463 e. The third kappa shape index (κ3) is 6.98. The van der Waals surface area contributed by atoms with Crippen LogP contribution >= 0.6 is 0 Å². The maximum absolute atomic E-state index is 12.3. The Hall–Kier alpha value is -2.97. The lowest BCUT2D eigenvalue weighted by Crippen LogP contribution is -2.26. The van der Waals surface area contributed by atoms with Crippen LogP contribution in [0.5, 0.6) is 0 Å². The fourth-order valence-electron chi connectivity index (χ4n) is 2.29. The van der Waals surface area contributed by atoms with Gasteiger partial charge in [0, 0.05) is 24.4 Å². The van der Waals surface area contributed by atoms with Gasteiger partial charge in [-0.3, -0.25) is 4.79 Å². The minimum absolute atomic E-state index is 0.0978. The molecule has 0 fully saturated rings. The summed E-state index contributed by atoms with van der Waals surface area (Å²) in [5.74, 6) is -1.13. The Morgan fingerprint density at radius 2 is 1.68 bits per heavy atom. The molecule has 8 heteroatoms. The van der Waals surface area contributed by atoms with Gasteiger partial charge in [0.15, 0.2) is 0 Å². The molecule has 0 atom stereocenters. The van der Waals surface area contributed by atoms with E-state index in [-0.39, 0.29) is 18.0 Å². The van der Waals surface area contributed by atoms with Gasteiger partial charge in [0.2, 0.25) is 15.9 Å². The highest BCUT2D eigenvalue weighted by atomic mass is 32.2. The number of rotatable bonds is 9. The van der Waals surface area contributed by atoms with E-state index < -0.39 is 21.9 Å². The highest BCUT2D eigenvalue weighted by Crippen LogP contribution is 2.14. The van der Waals surface area contributed by atoms with Crippen molar-refractivity contribution < 1.29 is 22.7 Å². The van der Waals surface area contributed by atoms with Crippen molar-refractivity contribution in [1.82, 2.24) is 4.72 Å². The molecule has 2 rings (SSSR count). The van der Waals surface area contributed by atoms with Gasteiger partial charge in [-0.15, -0.1) is 0 Å². The maximum atomic E-state index is 12.3. The zero-order chi connectivity index (χ0) is 20.4. The van der Waals surface area contributed by atoms with Crippen LogP contribution in [0.15, 0.2) is 71.6 Å². The topological polar surface area (TPSA) is 102 Å². The summed E-state index contributed by atoms with van der Waals surface area (Å²) in [6.45, 7) is 2.17. The molecule has 2 aromatic carbocycles. The molecule has 0 aliphatic carbocycles. The summed E-state index contributed by atoms with van der Waals surface area (Å²) in [4.78, 5) is 23.0. The third-order valence-electron chi connectivity index (χ3n) is 3.64. The Morgan fingerprint density at radius 1 is 1.00 bits per heavy atom. The molecule has 1 amide bonds. The van der Waals surface area contributed by atoms with E-state index in [0.29, 0.717) is 12.1 Å². The molecule has 148 valence electrons. The smallest absolute Gasteiger partial charge is 0.330 e. The Bertz CT molecular complexity index is 923. The molecule has 0 saturated carbocycles. The second kappa shape index (κ2) is 10.4. The highest BCUT2D eigenvalue weighted by Gasteiger charge is 2.13. The molecule has 0 bridgehead atoms. The van der Waals surface area contributed by atoms with Crippen LogP contribution in [-0.4, -0.2) is 33.4 Å². The van der Waals surface area contributed by atoms with Crippen LogP contribution in [0.2, 0.25) is 0 Å². The molecule has 28 heavy (non-hydrogen) atoms. The largest absolute Gasteiger partial charge is 0.463 e. The van der Waals surface area contributed by atoms with Crippen molar-refractivity contribution in [1.29, 1.82) is 0 Å². The van der Waals surface area contributed by atoms with Gasteiger partial charge in [-0.1, -0.05) is 30.3 Å². The second-order valence-corrected chi connectivity index (χ2v) is 7.50. The Labute approximate surface area is 164 Å². The van der Waals surface area contributed by atoms with Crippen LogP contribution in [0.1, 0.15) is 12.5 Å². The number of hydrogen-bond acceptors (Lipinski definition) is 5. The first kappa shape index (κ1) is 21.3. The number of sulfonamides is 1. The van der Waals surface area contributed by atoms with Gasteiger partial charge in [0.1, 0.15) is 0 Å². The number of nitrogens with one attached hydrogen (secondary N) is 2. The normalized spacial score (nSPS) is 11.3. The van der Waals surface area contributed by atoms with Crippen LogP contribution in [0, 0.1) is 0 Å². The van der Waals surface area contributed by atoms with Gasteiger partial charge < -0.3 is 10.1 Å². The number of hydrogen-bond donors (Lipinski definition) is 2. The minimum atomic E-state index is -3.64. The van der Waals surface area contributed by atoms with Gasteiger partial charge in [-0.05, 0) is 43.2 Å². The van der Waals surface area contributed by atoms with Crippen LogP contribution < -0.4 is 10.0 Å². The van der Waals surface area contributed by atoms with Crippen molar-refractivity contribution in [3.63, 3.8) is 0 Å². The van der Waals surface area contributed by atoms with Crippen molar-refractivity contribution in [2.24, 2.45) is 0 Å². The van der Waals surface area contributed by atoms with Crippen molar-refractivity contribution >= 4 is 27.6 Å². The van der Waals surface area contributed by atoms with Gasteiger partial charge >= 0.3 is 5.97 Å². The molecular weight excluding hydrogens is 380 g/mol. The van der Waals surface area contributed by atoms with Crippen molar-refractivity contribution in [2.45, 2.75) is 18.2 Å². The lowest BCUT2D eigenvalue weighted by Gasteiger charge is -2.08. The van der Waals surface area contributed by atoms with Crippen molar-refractivity contribution in [3.05, 3.63) is 72.3 Å². The first-order chi connectivity index (χ1) is 13.4.